The van der Waals surface area contributed by atoms with Gasteiger partial charge in [-0.1, -0.05) is 26.2 Å². The predicted molar refractivity (Wildman–Crippen MR) is 63.5 cm³/mol. The molecule has 2 rings (SSSR count). The van der Waals surface area contributed by atoms with Crippen molar-refractivity contribution in [1.82, 2.24) is 4.90 Å². The van der Waals surface area contributed by atoms with E-state index in [9.17, 15) is 14.7 Å². The van der Waals surface area contributed by atoms with E-state index >= 15 is 0 Å². The van der Waals surface area contributed by atoms with Gasteiger partial charge in [-0.3, -0.25) is 4.79 Å². The lowest BCUT2D eigenvalue weighted by Crippen LogP contribution is -2.57. The molecule has 0 spiro atoms. The van der Waals surface area contributed by atoms with Crippen LogP contribution in [0.4, 0.5) is 0 Å². The van der Waals surface area contributed by atoms with Crippen molar-refractivity contribution in [3.63, 3.8) is 0 Å². The zero-order valence-electron chi connectivity index (χ0n) is 10.4. The number of nitrogens with zero attached hydrogens (tertiary/aromatic N) is 1. The van der Waals surface area contributed by atoms with E-state index in [0.29, 0.717) is 18.8 Å². The normalized spacial score (nSPS) is 33.1. The molecule has 0 aliphatic heterocycles. The van der Waals surface area contributed by atoms with E-state index in [1.807, 2.05) is 0 Å². The maximum Gasteiger partial charge on any atom is 0.329 e. The Balaban J connectivity index is 2.23. The molecule has 0 bridgehead atoms. The molecule has 2 atom stereocenters. The second-order valence-electron chi connectivity index (χ2n) is 5.45. The molecule has 4 heteroatoms. The molecule has 2 aliphatic rings. The largest absolute Gasteiger partial charge is 0.479 e. The smallest absolute Gasteiger partial charge is 0.329 e. The first-order chi connectivity index (χ1) is 8.14. The van der Waals surface area contributed by atoms with E-state index in [1.165, 1.54) is 0 Å². The third-order valence-electron chi connectivity index (χ3n) is 4.35. The first-order valence-electron chi connectivity index (χ1n) is 6.61. The van der Waals surface area contributed by atoms with Crippen LogP contribution in [-0.4, -0.2) is 34.0 Å². The maximum atomic E-state index is 11.7. The van der Waals surface area contributed by atoms with E-state index in [0.717, 1.165) is 38.5 Å². The van der Waals surface area contributed by atoms with E-state index in [-0.39, 0.29) is 6.04 Å². The average Bonchev–Trinajstić information content (AvgIpc) is 3.14. The van der Waals surface area contributed by atoms with Crippen LogP contribution in [0.15, 0.2) is 0 Å². The van der Waals surface area contributed by atoms with Gasteiger partial charge in [0.2, 0.25) is 6.41 Å². The van der Waals surface area contributed by atoms with Crippen LogP contribution in [0.2, 0.25) is 0 Å². The minimum absolute atomic E-state index is 0.180. The predicted octanol–water partition coefficient (Wildman–Crippen LogP) is 2.03. The minimum atomic E-state index is -0.915. The fourth-order valence-electron chi connectivity index (χ4n) is 3.14. The lowest BCUT2D eigenvalue weighted by Gasteiger charge is -2.44. The van der Waals surface area contributed by atoms with Crippen LogP contribution in [0, 0.1) is 5.92 Å². The molecule has 17 heavy (non-hydrogen) atoms. The van der Waals surface area contributed by atoms with Gasteiger partial charge < -0.3 is 10.0 Å². The molecule has 0 radical (unpaired) electrons. The Bertz CT molecular complexity index is 314. The highest BCUT2D eigenvalue weighted by Gasteiger charge is 2.51. The van der Waals surface area contributed by atoms with Crippen molar-refractivity contribution in [2.75, 3.05) is 0 Å². The summed E-state index contributed by atoms with van der Waals surface area (Å²) in [5.74, 6) is -0.365. The van der Waals surface area contributed by atoms with Crippen molar-refractivity contribution in [2.45, 2.75) is 63.5 Å². The number of hydrogen-bond donors (Lipinski definition) is 1. The molecule has 1 amide bonds. The summed E-state index contributed by atoms with van der Waals surface area (Å²) in [6.07, 6.45) is 6.97. The first-order valence-corrected chi connectivity index (χ1v) is 6.61. The molecular formula is C13H21NO3. The van der Waals surface area contributed by atoms with Gasteiger partial charge in [0.25, 0.3) is 0 Å². The number of aliphatic carboxylic acids is 1. The van der Waals surface area contributed by atoms with Gasteiger partial charge in [0.1, 0.15) is 5.54 Å². The molecule has 2 fully saturated rings. The molecule has 0 aromatic rings. The molecule has 0 aromatic heterocycles. The summed E-state index contributed by atoms with van der Waals surface area (Å²) in [6.45, 7) is 2.10. The third-order valence-corrected chi connectivity index (χ3v) is 4.35. The van der Waals surface area contributed by atoms with Gasteiger partial charge in [-0.15, -0.1) is 0 Å². The maximum absolute atomic E-state index is 11.7. The van der Waals surface area contributed by atoms with Crippen molar-refractivity contribution < 1.29 is 14.7 Å². The quantitative estimate of drug-likeness (QED) is 0.747. The van der Waals surface area contributed by atoms with Gasteiger partial charge in [0, 0.05) is 6.04 Å². The lowest BCUT2D eigenvalue weighted by atomic mass is 9.73. The van der Waals surface area contributed by atoms with E-state index < -0.39 is 11.5 Å². The van der Waals surface area contributed by atoms with Crippen molar-refractivity contribution in [1.29, 1.82) is 0 Å². The second-order valence-corrected chi connectivity index (χ2v) is 5.45. The highest BCUT2D eigenvalue weighted by Crippen LogP contribution is 2.42. The van der Waals surface area contributed by atoms with E-state index in [4.69, 9.17) is 0 Å². The topological polar surface area (TPSA) is 57.6 Å². The summed E-state index contributed by atoms with van der Waals surface area (Å²) < 4.78 is 0. The van der Waals surface area contributed by atoms with Crippen LogP contribution in [-0.2, 0) is 9.59 Å². The molecule has 2 aliphatic carbocycles. The Morgan fingerprint density at radius 1 is 1.47 bits per heavy atom. The van der Waals surface area contributed by atoms with Crippen molar-refractivity contribution in [3.8, 4) is 0 Å². The zero-order valence-corrected chi connectivity index (χ0v) is 10.4. The molecule has 96 valence electrons. The fraction of sp³-hybridized carbons (Fsp3) is 0.846. The number of carboxylic acids is 1. The number of carbonyl (C=O) groups is 2. The average molecular weight is 239 g/mol. The zero-order chi connectivity index (χ0) is 12.5. The van der Waals surface area contributed by atoms with Gasteiger partial charge in [-0.05, 0) is 31.6 Å². The van der Waals surface area contributed by atoms with Crippen LogP contribution < -0.4 is 0 Å². The molecule has 0 saturated heterocycles. The number of carbonyl (C=O) groups excluding carboxylic acids is 1. The number of amides is 1. The SMILES string of the molecule is CCC1CCCC(C(=O)O)(N(C=O)C2CC2)C1. The Morgan fingerprint density at radius 2 is 2.18 bits per heavy atom. The van der Waals surface area contributed by atoms with Crippen LogP contribution in [0.3, 0.4) is 0 Å². The molecule has 2 saturated carbocycles. The third kappa shape index (κ3) is 2.17. The summed E-state index contributed by atoms with van der Waals surface area (Å²) in [5, 5.41) is 9.58. The number of hydrogen-bond acceptors (Lipinski definition) is 2. The molecular weight excluding hydrogens is 218 g/mol. The Labute approximate surface area is 102 Å². The Morgan fingerprint density at radius 3 is 2.65 bits per heavy atom. The Hall–Kier alpha value is -1.06. The molecule has 0 aromatic carbocycles. The van der Waals surface area contributed by atoms with Gasteiger partial charge in [-0.25, -0.2) is 4.79 Å². The monoisotopic (exact) mass is 239 g/mol. The summed E-state index contributed by atoms with van der Waals surface area (Å²) >= 11 is 0. The summed E-state index contributed by atoms with van der Waals surface area (Å²) in [6, 6.07) is 0.180. The standard InChI is InChI=1S/C13H21NO3/c1-2-10-4-3-7-13(8-10,12(16)17)14(9-15)11-5-6-11/h9-11H,2-8H2,1H3,(H,16,17). The molecule has 2 unspecified atom stereocenters. The minimum Gasteiger partial charge on any atom is -0.479 e. The molecule has 1 N–H and O–H groups in total. The van der Waals surface area contributed by atoms with Crippen LogP contribution in [0.25, 0.3) is 0 Å². The van der Waals surface area contributed by atoms with Crippen molar-refractivity contribution >= 4 is 12.4 Å². The lowest BCUT2D eigenvalue weighted by molar-refractivity contribution is -0.159. The highest BCUT2D eigenvalue weighted by atomic mass is 16.4. The second kappa shape index (κ2) is 4.67. The summed E-state index contributed by atoms with van der Waals surface area (Å²) in [5.41, 5.74) is -0.915. The van der Waals surface area contributed by atoms with Gasteiger partial charge in [0.15, 0.2) is 0 Å². The van der Waals surface area contributed by atoms with Crippen molar-refractivity contribution in [2.24, 2.45) is 5.92 Å². The van der Waals surface area contributed by atoms with Gasteiger partial charge >= 0.3 is 5.97 Å². The van der Waals surface area contributed by atoms with Crippen LogP contribution in [0.1, 0.15) is 51.9 Å². The number of carboxylic acid groups (broad SMARTS) is 1. The van der Waals surface area contributed by atoms with E-state index in [2.05, 4.69) is 6.92 Å². The number of rotatable bonds is 5. The fourth-order valence-corrected chi connectivity index (χ4v) is 3.14. The van der Waals surface area contributed by atoms with Crippen LogP contribution >= 0.6 is 0 Å². The van der Waals surface area contributed by atoms with Gasteiger partial charge in [-0.2, -0.15) is 0 Å². The van der Waals surface area contributed by atoms with Crippen molar-refractivity contribution in [3.05, 3.63) is 0 Å². The van der Waals surface area contributed by atoms with E-state index in [1.54, 1.807) is 4.90 Å². The van der Waals surface area contributed by atoms with Gasteiger partial charge in [0.05, 0.1) is 0 Å². The van der Waals surface area contributed by atoms with Crippen LogP contribution in [0.5, 0.6) is 0 Å². The molecule has 0 heterocycles. The molecule has 4 nitrogen and oxygen atoms in total. The Kier molecular flexibility index (Phi) is 3.40. The highest BCUT2D eigenvalue weighted by molar-refractivity contribution is 5.82. The first kappa shape index (κ1) is 12.4. The summed E-state index contributed by atoms with van der Waals surface area (Å²) in [7, 11) is 0. The summed E-state index contributed by atoms with van der Waals surface area (Å²) in [4.78, 5) is 24.5.